The lowest BCUT2D eigenvalue weighted by molar-refractivity contribution is -0.138. The SMILES string of the molecule is Cc1ccc(SCc2c(C(F)(F)F)ccc(CO)c2C2(n3cncn3)CC2)cc1. The average molecular weight is 419 g/mol. The highest BCUT2D eigenvalue weighted by atomic mass is 32.2. The van der Waals surface area contributed by atoms with Crippen LogP contribution in [0, 0.1) is 6.92 Å². The van der Waals surface area contributed by atoms with Crippen LogP contribution in [0.3, 0.4) is 0 Å². The molecule has 1 fully saturated rings. The minimum Gasteiger partial charge on any atom is -0.392 e. The van der Waals surface area contributed by atoms with Gasteiger partial charge in [-0.25, -0.2) is 9.67 Å². The molecule has 1 aliphatic rings. The Morgan fingerprint density at radius 2 is 1.86 bits per heavy atom. The zero-order chi connectivity index (χ0) is 20.6. The van der Waals surface area contributed by atoms with E-state index in [1.54, 1.807) is 4.68 Å². The van der Waals surface area contributed by atoms with Crippen molar-refractivity contribution in [3.63, 3.8) is 0 Å². The molecule has 0 bridgehead atoms. The maximum Gasteiger partial charge on any atom is 0.416 e. The van der Waals surface area contributed by atoms with Crippen molar-refractivity contribution in [1.82, 2.24) is 14.8 Å². The molecule has 4 rings (SSSR count). The Hall–Kier alpha value is -2.32. The van der Waals surface area contributed by atoms with Crippen LogP contribution >= 0.6 is 11.8 Å². The number of aliphatic hydroxyl groups excluding tert-OH is 1. The number of alkyl halides is 3. The number of rotatable bonds is 6. The number of aliphatic hydroxyl groups is 1. The van der Waals surface area contributed by atoms with Gasteiger partial charge in [0.05, 0.1) is 17.7 Å². The van der Waals surface area contributed by atoms with Gasteiger partial charge in [-0.05, 0) is 54.7 Å². The number of thioether (sulfide) groups is 1. The van der Waals surface area contributed by atoms with Crippen molar-refractivity contribution in [2.45, 2.75) is 48.7 Å². The highest BCUT2D eigenvalue weighted by Gasteiger charge is 2.51. The first-order valence-electron chi connectivity index (χ1n) is 9.23. The van der Waals surface area contributed by atoms with Crippen LogP contribution in [-0.4, -0.2) is 19.9 Å². The molecule has 1 aromatic heterocycles. The smallest absolute Gasteiger partial charge is 0.392 e. The summed E-state index contributed by atoms with van der Waals surface area (Å²) in [5, 5.41) is 14.1. The molecular weight excluding hydrogens is 399 g/mol. The van der Waals surface area contributed by atoms with Crippen molar-refractivity contribution in [2.24, 2.45) is 0 Å². The molecule has 3 aromatic rings. The first-order chi connectivity index (χ1) is 13.8. The Kier molecular flexibility index (Phi) is 5.16. The van der Waals surface area contributed by atoms with Crippen molar-refractivity contribution in [3.05, 3.63) is 76.9 Å². The van der Waals surface area contributed by atoms with E-state index >= 15 is 0 Å². The zero-order valence-corrected chi connectivity index (χ0v) is 16.6. The lowest BCUT2D eigenvalue weighted by atomic mass is 9.90. The molecule has 2 aromatic carbocycles. The summed E-state index contributed by atoms with van der Waals surface area (Å²) in [4.78, 5) is 4.87. The van der Waals surface area contributed by atoms with E-state index in [1.165, 1.54) is 30.5 Å². The van der Waals surface area contributed by atoms with Gasteiger partial charge in [-0.15, -0.1) is 11.8 Å². The minimum absolute atomic E-state index is 0.150. The van der Waals surface area contributed by atoms with Gasteiger partial charge in [0.25, 0.3) is 0 Å². The van der Waals surface area contributed by atoms with Crippen LogP contribution in [0.25, 0.3) is 0 Å². The van der Waals surface area contributed by atoms with Gasteiger partial charge in [0, 0.05) is 10.6 Å². The van der Waals surface area contributed by atoms with Crippen molar-refractivity contribution >= 4 is 11.8 Å². The third kappa shape index (κ3) is 3.79. The number of hydrogen-bond donors (Lipinski definition) is 1. The molecular formula is C21H20F3N3OS. The summed E-state index contributed by atoms with van der Waals surface area (Å²) in [6.45, 7) is 1.64. The lowest BCUT2D eigenvalue weighted by Crippen LogP contribution is -2.25. The Morgan fingerprint density at radius 1 is 1.14 bits per heavy atom. The van der Waals surface area contributed by atoms with E-state index in [9.17, 15) is 18.3 Å². The molecule has 1 N–H and O–H groups in total. The Bertz CT molecular complexity index is 997. The first kappa shape index (κ1) is 20.0. The van der Waals surface area contributed by atoms with Gasteiger partial charge in [0.15, 0.2) is 0 Å². The summed E-state index contributed by atoms with van der Waals surface area (Å²) in [6.07, 6.45) is -0.248. The second-order valence-corrected chi connectivity index (χ2v) is 8.30. The van der Waals surface area contributed by atoms with Gasteiger partial charge < -0.3 is 5.11 Å². The van der Waals surface area contributed by atoms with Crippen molar-refractivity contribution in [1.29, 1.82) is 0 Å². The molecule has 0 radical (unpaired) electrons. The fraction of sp³-hybridized carbons (Fsp3) is 0.333. The van der Waals surface area contributed by atoms with Crippen LogP contribution in [0.15, 0.2) is 53.9 Å². The van der Waals surface area contributed by atoms with Gasteiger partial charge >= 0.3 is 6.18 Å². The largest absolute Gasteiger partial charge is 0.416 e. The fourth-order valence-electron chi connectivity index (χ4n) is 3.75. The van der Waals surface area contributed by atoms with E-state index in [-0.39, 0.29) is 17.9 Å². The molecule has 0 unspecified atom stereocenters. The molecule has 0 amide bonds. The fourth-order valence-corrected chi connectivity index (χ4v) is 4.69. The van der Waals surface area contributed by atoms with Crippen LogP contribution in [0.2, 0.25) is 0 Å². The molecule has 4 nitrogen and oxygen atoms in total. The summed E-state index contributed by atoms with van der Waals surface area (Å²) in [5.74, 6) is 0.150. The van der Waals surface area contributed by atoms with Crippen LogP contribution in [0.4, 0.5) is 13.2 Å². The molecule has 0 aliphatic heterocycles. The van der Waals surface area contributed by atoms with E-state index in [1.807, 2.05) is 31.2 Å². The quantitative estimate of drug-likeness (QED) is 0.576. The van der Waals surface area contributed by atoms with Crippen molar-refractivity contribution in [2.75, 3.05) is 0 Å². The summed E-state index contributed by atoms with van der Waals surface area (Å²) < 4.78 is 43.3. The van der Waals surface area contributed by atoms with E-state index < -0.39 is 17.3 Å². The van der Waals surface area contributed by atoms with Crippen LogP contribution in [0.5, 0.6) is 0 Å². The molecule has 1 aliphatic carbocycles. The summed E-state index contributed by atoms with van der Waals surface area (Å²) in [6, 6.07) is 10.2. The number of aromatic nitrogens is 3. The van der Waals surface area contributed by atoms with E-state index in [4.69, 9.17) is 0 Å². The third-order valence-electron chi connectivity index (χ3n) is 5.33. The van der Waals surface area contributed by atoms with Crippen molar-refractivity contribution < 1.29 is 18.3 Å². The van der Waals surface area contributed by atoms with Crippen LogP contribution in [0.1, 0.15) is 40.7 Å². The topological polar surface area (TPSA) is 50.9 Å². The van der Waals surface area contributed by atoms with E-state index in [0.717, 1.165) is 16.5 Å². The number of aryl methyl sites for hydroxylation is 1. The molecule has 0 spiro atoms. The monoisotopic (exact) mass is 419 g/mol. The van der Waals surface area contributed by atoms with Crippen molar-refractivity contribution in [3.8, 4) is 0 Å². The second-order valence-electron chi connectivity index (χ2n) is 7.26. The third-order valence-corrected chi connectivity index (χ3v) is 6.36. The lowest BCUT2D eigenvalue weighted by Gasteiger charge is -2.26. The standard InChI is InChI=1S/C21H20F3N3OS/c1-14-2-5-16(6-3-14)29-11-17-18(21(22,23)24)7-4-15(10-28)19(17)20(8-9-20)27-13-25-12-26-27/h2-7,12-13,28H,8-11H2,1H3. The summed E-state index contributed by atoms with van der Waals surface area (Å²) >= 11 is 1.36. The van der Waals surface area contributed by atoms with Crippen LogP contribution < -0.4 is 0 Å². The molecule has 29 heavy (non-hydrogen) atoms. The molecule has 0 atom stereocenters. The predicted molar refractivity (Wildman–Crippen MR) is 104 cm³/mol. The van der Waals surface area contributed by atoms with Crippen LogP contribution in [-0.2, 0) is 24.1 Å². The maximum absolute atomic E-state index is 13.9. The minimum atomic E-state index is -4.48. The van der Waals surface area contributed by atoms with Gasteiger partial charge in [-0.2, -0.15) is 18.3 Å². The Labute approximate surface area is 170 Å². The molecule has 8 heteroatoms. The zero-order valence-electron chi connectivity index (χ0n) is 15.8. The maximum atomic E-state index is 13.9. The molecule has 152 valence electrons. The van der Waals surface area contributed by atoms with Gasteiger partial charge in [0.1, 0.15) is 12.7 Å². The highest BCUT2D eigenvalue weighted by molar-refractivity contribution is 7.98. The van der Waals surface area contributed by atoms with E-state index in [0.29, 0.717) is 24.0 Å². The summed E-state index contributed by atoms with van der Waals surface area (Å²) in [7, 11) is 0. The number of halogens is 3. The summed E-state index contributed by atoms with van der Waals surface area (Å²) in [5.41, 5.74) is 0.999. The molecule has 1 heterocycles. The Balaban J connectivity index is 1.83. The second kappa shape index (κ2) is 7.50. The number of benzene rings is 2. The predicted octanol–water partition coefficient (Wildman–Crippen LogP) is 4.93. The van der Waals surface area contributed by atoms with Gasteiger partial charge in [0.2, 0.25) is 0 Å². The highest BCUT2D eigenvalue weighted by Crippen LogP contribution is 2.53. The first-order valence-corrected chi connectivity index (χ1v) is 10.2. The average Bonchev–Trinajstić information content (AvgIpc) is 3.30. The van der Waals surface area contributed by atoms with Gasteiger partial charge in [-0.3, -0.25) is 0 Å². The molecule has 0 saturated heterocycles. The van der Waals surface area contributed by atoms with E-state index in [2.05, 4.69) is 10.1 Å². The van der Waals surface area contributed by atoms with Gasteiger partial charge in [-0.1, -0.05) is 23.8 Å². The molecule has 1 saturated carbocycles. The number of nitrogens with zero attached hydrogens (tertiary/aromatic N) is 3. The normalized spacial score (nSPS) is 15.5. The number of hydrogen-bond acceptors (Lipinski definition) is 4. The Morgan fingerprint density at radius 3 is 2.41 bits per heavy atom.